The van der Waals surface area contributed by atoms with Gasteiger partial charge in [-0.15, -0.1) is 11.3 Å². The van der Waals surface area contributed by atoms with Crippen LogP contribution in [0.4, 0.5) is 5.69 Å². The number of ether oxygens (including phenoxy) is 1. The van der Waals surface area contributed by atoms with Crippen LogP contribution in [0.3, 0.4) is 0 Å². The smallest absolute Gasteiger partial charge is 0.221 e. The number of para-hydroxylation sites is 2. The first kappa shape index (κ1) is 14.3. The monoisotopic (exact) mass is 314 g/mol. The average molecular weight is 314 g/mol. The van der Waals surface area contributed by atoms with Crippen molar-refractivity contribution in [3.8, 4) is 16.4 Å². The molecule has 0 saturated heterocycles. The fourth-order valence-corrected chi connectivity index (χ4v) is 2.63. The lowest BCUT2D eigenvalue weighted by Gasteiger charge is -2.10. The SMILES string of the molecule is CC(=O)Nc1ccccc1OCc1cc(-c2cccs2)on1. The van der Waals surface area contributed by atoms with Crippen molar-refractivity contribution in [3.63, 3.8) is 0 Å². The molecule has 1 N–H and O–H groups in total. The summed E-state index contributed by atoms with van der Waals surface area (Å²) < 4.78 is 11.0. The summed E-state index contributed by atoms with van der Waals surface area (Å²) in [6, 6.07) is 13.1. The highest BCUT2D eigenvalue weighted by Crippen LogP contribution is 2.27. The molecule has 0 aliphatic rings. The minimum Gasteiger partial charge on any atom is -0.485 e. The Morgan fingerprint density at radius 3 is 2.95 bits per heavy atom. The number of nitrogens with one attached hydrogen (secondary N) is 1. The Balaban J connectivity index is 1.69. The predicted octanol–water partition coefficient (Wildman–Crippen LogP) is 3.94. The lowest BCUT2D eigenvalue weighted by Crippen LogP contribution is -2.07. The van der Waals surface area contributed by atoms with Crippen LogP contribution in [0.5, 0.6) is 5.75 Å². The van der Waals surface area contributed by atoms with E-state index in [9.17, 15) is 4.79 Å². The lowest BCUT2D eigenvalue weighted by atomic mass is 10.3. The van der Waals surface area contributed by atoms with Crippen LogP contribution in [-0.4, -0.2) is 11.1 Å². The Bertz CT molecular complexity index is 765. The van der Waals surface area contributed by atoms with Gasteiger partial charge in [0, 0.05) is 13.0 Å². The zero-order valence-electron chi connectivity index (χ0n) is 11.9. The summed E-state index contributed by atoms with van der Waals surface area (Å²) in [7, 11) is 0. The van der Waals surface area contributed by atoms with Crippen molar-refractivity contribution in [2.45, 2.75) is 13.5 Å². The third-order valence-corrected chi connectivity index (χ3v) is 3.78. The number of thiophene rings is 1. The van der Waals surface area contributed by atoms with Crippen molar-refractivity contribution >= 4 is 22.9 Å². The van der Waals surface area contributed by atoms with Crippen LogP contribution in [0.1, 0.15) is 12.6 Å². The number of anilines is 1. The van der Waals surface area contributed by atoms with Gasteiger partial charge < -0.3 is 14.6 Å². The summed E-state index contributed by atoms with van der Waals surface area (Å²) in [6.07, 6.45) is 0. The zero-order chi connectivity index (χ0) is 15.4. The topological polar surface area (TPSA) is 64.4 Å². The van der Waals surface area contributed by atoms with E-state index in [2.05, 4.69) is 10.5 Å². The van der Waals surface area contributed by atoms with E-state index >= 15 is 0 Å². The number of carbonyl (C=O) groups excluding carboxylic acids is 1. The molecule has 0 aliphatic heterocycles. The third-order valence-electron chi connectivity index (χ3n) is 2.90. The van der Waals surface area contributed by atoms with Crippen molar-refractivity contribution < 1.29 is 14.1 Å². The molecule has 1 amide bonds. The number of hydrogen-bond acceptors (Lipinski definition) is 5. The number of rotatable bonds is 5. The Hall–Kier alpha value is -2.60. The molecule has 22 heavy (non-hydrogen) atoms. The number of carbonyl (C=O) groups is 1. The summed E-state index contributed by atoms with van der Waals surface area (Å²) in [5.74, 6) is 1.18. The molecular weight excluding hydrogens is 300 g/mol. The molecule has 1 aromatic carbocycles. The van der Waals surface area contributed by atoms with Gasteiger partial charge in [-0.25, -0.2) is 0 Å². The molecule has 0 bridgehead atoms. The Morgan fingerprint density at radius 1 is 1.32 bits per heavy atom. The van der Waals surface area contributed by atoms with Crippen LogP contribution < -0.4 is 10.1 Å². The molecule has 6 heteroatoms. The molecule has 0 radical (unpaired) electrons. The van der Waals surface area contributed by atoms with Gasteiger partial charge in [0.1, 0.15) is 18.1 Å². The summed E-state index contributed by atoms with van der Waals surface area (Å²) in [5, 5.41) is 8.71. The van der Waals surface area contributed by atoms with Crippen molar-refractivity contribution in [2.75, 3.05) is 5.32 Å². The minimum absolute atomic E-state index is 0.141. The number of amides is 1. The maximum absolute atomic E-state index is 11.2. The van der Waals surface area contributed by atoms with Crippen LogP contribution in [0.2, 0.25) is 0 Å². The van der Waals surface area contributed by atoms with E-state index in [4.69, 9.17) is 9.26 Å². The Morgan fingerprint density at radius 2 is 2.18 bits per heavy atom. The lowest BCUT2D eigenvalue weighted by molar-refractivity contribution is -0.114. The van der Waals surface area contributed by atoms with Crippen molar-refractivity contribution in [2.24, 2.45) is 0 Å². The summed E-state index contributed by atoms with van der Waals surface area (Å²) in [5.41, 5.74) is 1.33. The van der Waals surface area contributed by atoms with Gasteiger partial charge in [-0.1, -0.05) is 23.4 Å². The highest BCUT2D eigenvalue weighted by molar-refractivity contribution is 7.13. The Kier molecular flexibility index (Phi) is 4.20. The molecule has 3 rings (SSSR count). The number of nitrogens with zero attached hydrogens (tertiary/aromatic N) is 1. The maximum atomic E-state index is 11.2. The van der Waals surface area contributed by atoms with E-state index in [1.54, 1.807) is 23.5 Å². The number of hydrogen-bond donors (Lipinski definition) is 1. The predicted molar refractivity (Wildman–Crippen MR) is 84.9 cm³/mol. The third kappa shape index (κ3) is 3.35. The summed E-state index contributed by atoms with van der Waals surface area (Å²) in [6.45, 7) is 1.73. The molecule has 0 aliphatic carbocycles. The first-order valence-corrected chi connectivity index (χ1v) is 7.59. The van der Waals surface area contributed by atoms with Gasteiger partial charge in [-0.3, -0.25) is 4.79 Å². The molecule has 5 nitrogen and oxygen atoms in total. The quantitative estimate of drug-likeness (QED) is 0.774. The summed E-state index contributed by atoms with van der Waals surface area (Å²) in [4.78, 5) is 12.2. The molecule has 0 fully saturated rings. The van der Waals surface area contributed by atoms with E-state index in [1.165, 1.54) is 6.92 Å². The largest absolute Gasteiger partial charge is 0.485 e. The van der Waals surface area contributed by atoms with Crippen molar-refractivity contribution in [3.05, 3.63) is 53.5 Å². The van der Waals surface area contributed by atoms with Crippen LogP contribution in [0, 0.1) is 0 Å². The molecular formula is C16H14N2O3S. The van der Waals surface area contributed by atoms with Gasteiger partial charge in [0.05, 0.1) is 10.6 Å². The second-order valence-electron chi connectivity index (χ2n) is 4.63. The van der Waals surface area contributed by atoms with Gasteiger partial charge >= 0.3 is 0 Å². The molecule has 0 atom stereocenters. The molecule has 0 spiro atoms. The molecule has 0 saturated carbocycles. The van der Waals surface area contributed by atoms with E-state index < -0.39 is 0 Å². The molecule has 2 aromatic heterocycles. The second kappa shape index (κ2) is 6.44. The first-order chi connectivity index (χ1) is 10.7. The standard InChI is InChI=1S/C16H14N2O3S/c1-11(19)17-13-5-2-3-6-14(13)20-10-12-9-15(21-18-12)16-7-4-8-22-16/h2-9H,10H2,1H3,(H,17,19). The minimum atomic E-state index is -0.141. The molecule has 112 valence electrons. The molecule has 0 unspecified atom stereocenters. The van der Waals surface area contributed by atoms with Gasteiger partial charge in [0.15, 0.2) is 5.76 Å². The van der Waals surface area contributed by atoms with E-state index in [0.29, 0.717) is 17.1 Å². The zero-order valence-corrected chi connectivity index (χ0v) is 12.7. The van der Waals surface area contributed by atoms with Gasteiger partial charge in [0.2, 0.25) is 5.91 Å². The fraction of sp³-hybridized carbons (Fsp3) is 0.125. The average Bonchev–Trinajstić information content (AvgIpc) is 3.17. The Labute approximate surface area is 131 Å². The highest BCUT2D eigenvalue weighted by Gasteiger charge is 2.09. The molecule has 3 aromatic rings. The molecule has 2 heterocycles. The van der Waals surface area contributed by atoms with Crippen molar-refractivity contribution in [1.29, 1.82) is 0 Å². The van der Waals surface area contributed by atoms with Gasteiger partial charge in [-0.2, -0.15) is 0 Å². The fourth-order valence-electron chi connectivity index (χ4n) is 1.95. The van der Waals surface area contributed by atoms with Crippen LogP contribution in [-0.2, 0) is 11.4 Å². The van der Waals surface area contributed by atoms with Gasteiger partial charge in [-0.05, 0) is 23.6 Å². The van der Waals surface area contributed by atoms with E-state index in [-0.39, 0.29) is 12.5 Å². The van der Waals surface area contributed by atoms with Crippen LogP contribution >= 0.6 is 11.3 Å². The van der Waals surface area contributed by atoms with Crippen molar-refractivity contribution in [1.82, 2.24) is 5.16 Å². The first-order valence-electron chi connectivity index (χ1n) is 6.71. The normalized spacial score (nSPS) is 10.4. The number of aromatic nitrogens is 1. The highest BCUT2D eigenvalue weighted by atomic mass is 32.1. The van der Waals surface area contributed by atoms with Gasteiger partial charge in [0.25, 0.3) is 0 Å². The van der Waals surface area contributed by atoms with Crippen LogP contribution in [0.15, 0.2) is 52.4 Å². The number of benzene rings is 1. The van der Waals surface area contributed by atoms with E-state index in [1.807, 2.05) is 35.7 Å². The maximum Gasteiger partial charge on any atom is 0.221 e. The van der Waals surface area contributed by atoms with Crippen LogP contribution in [0.25, 0.3) is 10.6 Å². The summed E-state index contributed by atoms with van der Waals surface area (Å²) >= 11 is 1.59. The van der Waals surface area contributed by atoms with E-state index in [0.717, 1.165) is 10.6 Å². The second-order valence-corrected chi connectivity index (χ2v) is 5.57.